The topological polar surface area (TPSA) is 78.9 Å². The number of rotatable bonds is 51. The van der Waals surface area contributed by atoms with Crippen LogP contribution in [-0.4, -0.2) is 37.2 Å². The van der Waals surface area contributed by atoms with Crippen molar-refractivity contribution in [3.8, 4) is 0 Å². The number of hydrogen-bond acceptors (Lipinski definition) is 6. The Balaban J connectivity index is 4.23. The molecular weight excluding hydrogens is 805 g/mol. The second kappa shape index (κ2) is 54.0. The molecule has 0 radical (unpaired) electrons. The van der Waals surface area contributed by atoms with Crippen LogP contribution < -0.4 is 0 Å². The van der Waals surface area contributed by atoms with Gasteiger partial charge in [-0.15, -0.1) is 0 Å². The van der Waals surface area contributed by atoms with Crippen molar-refractivity contribution in [2.45, 2.75) is 297 Å². The molecule has 6 nitrogen and oxygen atoms in total. The molecule has 1 atom stereocenters. The minimum atomic E-state index is -0.776. The van der Waals surface area contributed by atoms with E-state index in [1.807, 2.05) is 0 Å². The highest BCUT2D eigenvalue weighted by molar-refractivity contribution is 5.71. The third-order valence-electron chi connectivity index (χ3n) is 12.3. The van der Waals surface area contributed by atoms with Crippen LogP contribution in [0.2, 0.25) is 0 Å². The van der Waals surface area contributed by atoms with Gasteiger partial charge in [-0.1, -0.05) is 236 Å². The van der Waals surface area contributed by atoms with Crippen molar-refractivity contribution < 1.29 is 28.6 Å². The van der Waals surface area contributed by atoms with Gasteiger partial charge in [-0.2, -0.15) is 0 Å². The Morgan fingerprint density at radius 1 is 0.308 bits per heavy atom. The second-order valence-corrected chi connectivity index (χ2v) is 18.8. The van der Waals surface area contributed by atoms with Crippen molar-refractivity contribution >= 4 is 17.9 Å². The van der Waals surface area contributed by atoms with Gasteiger partial charge in [0.25, 0.3) is 0 Å². The summed E-state index contributed by atoms with van der Waals surface area (Å²) in [5.74, 6) is -0.888. The summed E-state index contributed by atoms with van der Waals surface area (Å²) in [6.45, 7) is 6.59. The van der Waals surface area contributed by atoms with Crippen LogP contribution in [0.1, 0.15) is 290 Å². The van der Waals surface area contributed by atoms with E-state index in [4.69, 9.17) is 14.2 Å². The number of ether oxygens (including phenoxy) is 3. The Hall–Kier alpha value is -2.63. The fourth-order valence-corrected chi connectivity index (χ4v) is 8.03. The number of unbranched alkanes of at least 4 members (excludes halogenated alkanes) is 32. The third-order valence-corrected chi connectivity index (χ3v) is 12.3. The summed E-state index contributed by atoms with van der Waals surface area (Å²) in [6, 6.07) is 0. The lowest BCUT2D eigenvalue weighted by atomic mass is 10.1. The van der Waals surface area contributed by atoms with E-state index in [-0.39, 0.29) is 31.1 Å². The van der Waals surface area contributed by atoms with Gasteiger partial charge in [-0.3, -0.25) is 14.4 Å². The van der Waals surface area contributed by atoms with Crippen LogP contribution in [0.4, 0.5) is 0 Å². The van der Waals surface area contributed by atoms with Crippen molar-refractivity contribution in [1.82, 2.24) is 0 Å². The Kier molecular flexibility index (Phi) is 51.8. The average Bonchev–Trinajstić information content (AvgIpc) is 3.30. The molecule has 0 saturated heterocycles. The summed E-state index contributed by atoms with van der Waals surface area (Å²) in [7, 11) is 0. The quantitative estimate of drug-likeness (QED) is 0.0262. The molecule has 0 fully saturated rings. The average molecular weight is 911 g/mol. The van der Waals surface area contributed by atoms with E-state index in [0.29, 0.717) is 19.3 Å². The van der Waals surface area contributed by atoms with Crippen molar-refractivity contribution in [3.63, 3.8) is 0 Å². The van der Waals surface area contributed by atoms with Crippen molar-refractivity contribution in [2.24, 2.45) is 0 Å². The van der Waals surface area contributed by atoms with Crippen molar-refractivity contribution in [3.05, 3.63) is 48.6 Å². The minimum Gasteiger partial charge on any atom is -0.462 e. The Morgan fingerprint density at radius 2 is 0.554 bits per heavy atom. The summed E-state index contributed by atoms with van der Waals surface area (Å²) >= 11 is 0. The van der Waals surface area contributed by atoms with Gasteiger partial charge in [0, 0.05) is 19.3 Å². The van der Waals surface area contributed by atoms with Gasteiger partial charge in [-0.05, 0) is 83.5 Å². The van der Waals surface area contributed by atoms with E-state index in [1.165, 1.54) is 173 Å². The van der Waals surface area contributed by atoms with Crippen LogP contribution in [-0.2, 0) is 28.6 Å². The zero-order valence-electron chi connectivity index (χ0n) is 43.3. The van der Waals surface area contributed by atoms with Crippen LogP contribution in [0.25, 0.3) is 0 Å². The first kappa shape index (κ1) is 62.4. The van der Waals surface area contributed by atoms with Crippen LogP contribution in [0.3, 0.4) is 0 Å². The van der Waals surface area contributed by atoms with Gasteiger partial charge in [0.05, 0.1) is 0 Å². The highest BCUT2D eigenvalue weighted by atomic mass is 16.6. The molecule has 0 aliphatic rings. The molecule has 1 unspecified atom stereocenters. The third kappa shape index (κ3) is 52.2. The summed E-state index contributed by atoms with van der Waals surface area (Å²) < 4.78 is 16.8. The maximum Gasteiger partial charge on any atom is 0.306 e. The molecule has 0 N–H and O–H groups in total. The van der Waals surface area contributed by atoms with Crippen molar-refractivity contribution in [2.75, 3.05) is 13.2 Å². The van der Waals surface area contributed by atoms with Crippen LogP contribution in [0.5, 0.6) is 0 Å². The zero-order valence-corrected chi connectivity index (χ0v) is 43.3. The Bertz CT molecular complexity index is 1140. The van der Waals surface area contributed by atoms with Gasteiger partial charge >= 0.3 is 17.9 Å². The second-order valence-electron chi connectivity index (χ2n) is 18.8. The lowest BCUT2D eigenvalue weighted by molar-refractivity contribution is -0.167. The van der Waals surface area contributed by atoms with Gasteiger partial charge in [0.1, 0.15) is 13.2 Å². The van der Waals surface area contributed by atoms with E-state index in [9.17, 15) is 14.4 Å². The molecule has 0 spiro atoms. The van der Waals surface area contributed by atoms with Crippen molar-refractivity contribution in [1.29, 1.82) is 0 Å². The summed E-state index contributed by atoms with van der Waals surface area (Å²) in [6.07, 6.45) is 65.4. The summed E-state index contributed by atoms with van der Waals surface area (Å²) in [4.78, 5) is 37.9. The predicted molar refractivity (Wildman–Crippen MR) is 279 cm³/mol. The van der Waals surface area contributed by atoms with Gasteiger partial charge < -0.3 is 14.2 Å². The van der Waals surface area contributed by atoms with Gasteiger partial charge in [0.2, 0.25) is 0 Å². The molecule has 0 aromatic rings. The highest BCUT2D eigenvalue weighted by Gasteiger charge is 2.19. The zero-order chi connectivity index (χ0) is 47.2. The standard InChI is InChI=1S/C59H106O6/c1-4-7-10-13-16-18-20-22-24-26-28-29-31-32-34-36-38-40-43-46-49-52-58(61)64-55-56(54-63-57(60)51-48-45-42-15-12-9-6-3)65-59(62)53-50-47-44-41-39-37-35-33-30-27-25-23-21-19-17-14-11-8-5-2/h20,22-23,25-26,28,31-32,56H,4-19,21,24,27,29-30,33-55H2,1-3H3/b22-20-,25-23-,28-26-,32-31-. The number of carbonyl (C=O) groups is 3. The first-order chi connectivity index (χ1) is 32.0. The minimum absolute atomic E-state index is 0.0767. The fraction of sp³-hybridized carbons (Fsp3) is 0.814. The van der Waals surface area contributed by atoms with Gasteiger partial charge in [-0.25, -0.2) is 0 Å². The van der Waals surface area contributed by atoms with Gasteiger partial charge in [0.15, 0.2) is 6.10 Å². The molecule has 378 valence electrons. The van der Waals surface area contributed by atoms with E-state index in [0.717, 1.165) is 77.0 Å². The normalized spacial score (nSPS) is 12.4. The SMILES string of the molecule is CCCCCCC/C=C\C/C=C\C/C=C\CCCCCCCCC(=O)OCC(COC(=O)CCCCCCCCC)OC(=O)CCCCCCCCCCC/C=C\CCCCCCCC. The fourth-order valence-electron chi connectivity index (χ4n) is 8.03. The molecule has 0 bridgehead atoms. The van der Waals surface area contributed by atoms with Crippen LogP contribution in [0, 0.1) is 0 Å². The molecule has 0 aliphatic carbocycles. The first-order valence-corrected chi connectivity index (χ1v) is 28.1. The summed E-state index contributed by atoms with van der Waals surface area (Å²) in [5.41, 5.74) is 0. The van der Waals surface area contributed by atoms with E-state index < -0.39 is 6.10 Å². The number of esters is 3. The maximum absolute atomic E-state index is 12.8. The molecule has 6 heteroatoms. The van der Waals surface area contributed by atoms with Crippen LogP contribution >= 0.6 is 0 Å². The maximum atomic E-state index is 12.8. The highest BCUT2D eigenvalue weighted by Crippen LogP contribution is 2.15. The lowest BCUT2D eigenvalue weighted by Gasteiger charge is -2.18. The lowest BCUT2D eigenvalue weighted by Crippen LogP contribution is -2.30. The molecule has 0 amide bonds. The molecule has 65 heavy (non-hydrogen) atoms. The first-order valence-electron chi connectivity index (χ1n) is 28.1. The number of hydrogen-bond donors (Lipinski definition) is 0. The van der Waals surface area contributed by atoms with Crippen LogP contribution in [0.15, 0.2) is 48.6 Å². The number of carbonyl (C=O) groups excluding carboxylic acids is 3. The molecule has 0 aliphatic heterocycles. The number of allylic oxidation sites excluding steroid dienone is 8. The molecule has 0 heterocycles. The molecule has 0 aromatic heterocycles. The largest absolute Gasteiger partial charge is 0.462 e. The Morgan fingerprint density at radius 3 is 0.877 bits per heavy atom. The molecular formula is C59H106O6. The molecule has 0 aromatic carbocycles. The van der Waals surface area contributed by atoms with E-state index in [2.05, 4.69) is 69.4 Å². The molecule has 0 saturated carbocycles. The van der Waals surface area contributed by atoms with E-state index in [1.54, 1.807) is 0 Å². The smallest absolute Gasteiger partial charge is 0.306 e. The summed E-state index contributed by atoms with van der Waals surface area (Å²) in [5, 5.41) is 0. The Labute approximate surface area is 403 Å². The monoisotopic (exact) mass is 911 g/mol. The molecule has 0 rings (SSSR count). The van der Waals surface area contributed by atoms with E-state index >= 15 is 0 Å². The predicted octanol–water partition coefficient (Wildman–Crippen LogP) is 18.7.